The van der Waals surface area contributed by atoms with Crippen molar-refractivity contribution < 1.29 is 14.0 Å². The number of nitrogens with zero attached hydrogens (tertiary/aromatic N) is 1. The van der Waals surface area contributed by atoms with E-state index in [1.165, 1.54) is 11.3 Å². The smallest absolute Gasteiger partial charge is 0.408 e. The van der Waals surface area contributed by atoms with E-state index in [0.717, 1.165) is 4.88 Å². The Bertz CT molecular complexity index is 997. The van der Waals surface area contributed by atoms with Crippen molar-refractivity contribution >= 4 is 39.9 Å². The average molecular weight is 371 g/mol. The van der Waals surface area contributed by atoms with E-state index in [1.807, 2.05) is 17.5 Å². The number of amides is 2. The van der Waals surface area contributed by atoms with Crippen LogP contribution in [0.15, 0.2) is 44.9 Å². The zero-order chi connectivity index (χ0) is 18.1. The summed E-state index contributed by atoms with van der Waals surface area (Å²) < 4.78 is 4.95. The molecule has 8 heteroatoms. The highest BCUT2D eigenvalue weighted by molar-refractivity contribution is 7.12. The highest BCUT2D eigenvalue weighted by atomic mass is 32.1. The molecule has 3 aromatic rings. The van der Waals surface area contributed by atoms with Gasteiger partial charge in [0.1, 0.15) is 0 Å². The first-order chi connectivity index (χ1) is 12.6. The van der Waals surface area contributed by atoms with Crippen molar-refractivity contribution in [3.8, 4) is 0 Å². The van der Waals surface area contributed by atoms with Crippen LogP contribution in [-0.4, -0.2) is 34.8 Å². The molecule has 1 aliphatic rings. The lowest BCUT2D eigenvalue weighted by Gasteiger charge is -2.31. The number of aromatic amines is 1. The van der Waals surface area contributed by atoms with Gasteiger partial charge >= 0.3 is 5.76 Å². The van der Waals surface area contributed by atoms with E-state index in [4.69, 9.17) is 4.42 Å². The number of piperidine rings is 1. The van der Waals surface area contributed by atoms with E-state index in [9.17, 15) is 14.4 Å². The summed E-state index contributed by atoms with van der Waals surface area (Å²) in [7, 11) is 0. The summed E-state index contributed by atoms with van der Waals surface area (Å²) in [5.74, 6) is -0.695. The van der Waals surface area contributed by atoms with E-state index in [0.29, 0.717) is 42.7 Å². The number of likely N-dealkylation sites (tertiary alicyclic amines) is 1. The molecule has 0 aliphatic carbocycles. The number of fused-ring (bicyclic) bond motifs is 1. The maximum Gasteiger partial charge on any atom is 0.417 e. The monoisotopic (exact) mass is 371 g/mol. The van der Waals surface area contributed by atoms with Crippen LogP contribution in [0, 0.1) is 5.92 Å². The van der Waals surface area contributed by atoms with Gasteiger partial charge in [0.25, 0.3) is 5.91 Å². The van der Waals surface area contributed by atoms with Gasteiger partial charge in [-0.2, -0.15) is 0 Å². The Labute approximate surface area is 152 Å². The van der Waals surface area contributed by atoms with E-state index in [2.05, 4.69) is 10.3 Å². The van der Waals surface area contributed by atoms with Gasteiger partial charge in [0, 0.05) is 24.7 Å². The molecule has 0 spiro atoms. The van der Waals surface area contributed by atoms with E-state index in [-0.39, 0.29) is 17.7 Å². The third-order valence-corrected chi connectivity index (χ3v) is 5.43. The highest BCUT2D eigenvalue weighted by Gasteiger charge is 2.28. The second kappa shape index (κ2) is 6.80. The van der Waals surface area contributed by atoms with Gasteiger partial charge in [-0.05, 0) is 42.5 Å². The maximum atomic E-state index is 12.5. The number of carbonyl (C=O) groups is 2. The number of oxazole rings is 1. The highest BCUT2D eigenvalue weighted by Crippen LogP contribution is 2.23. The molecule has 7 nitrogen and oxygen atoms in total. The fourth-order valence-corrected chi connectivity index (χ4v) is 3.87. The van der Waals surface area contributed by atoms with Crippen molar-refractivity contribution in [2.24, 2.45) is 5.92 Å². The first-order valence-electron chi connectivity index (χ1n) is 8.37. The number of nitrogens with one attached hydrogen (secondary N) is 2. The van der Waals surface area contributed by atoms with Crippen LogP contribution >= 0.6 is 11.3 Å². The van der Waals surface area contributed by atoms with Crippen LogP contribution in [0.4, 0.5) is 5.69 Å². The van der Waals surface area contributed by atoms with Crippen LogP contribution in [0.1, 0.15) is 22.5 Å². The summed E-state index contributed by atoms with van der Waals surface area (Å²) in [4.78, 5) is 41.2. The zero-order valence-corrected chi connectivity index (χ0v) is 14.7. The van der Waals surface area contributed by atoms with Crippen molar-refractivity contribution in [1.29, 1.82) is 0 Å². The van der Waals surface area contributed by atoms with Gasteiger partial charge < -0.3 is 14.6 Å². The molecule has 0 saturated carbocycles. The number of aromatic nitrogens is 1. The lowest BCUT2D eigenvalue weighted by atomic mass is 9.95. The first-order valence-corrected chi connectivity index (χ1v) is 9.24. The molecule has 26 heavy (non-hydrogen) atoms. The van der Waals surface area contributed by atoms with Crippen LogP contribution in [0.3, 0.4) is 0 Å². The maximum absolute atomic E-state index is 12.5. The number of hydrogen-bond donors (Lipinski definition) is 2. The van der Waals surface area contributed by atoms with Gasteiger partial charge in [-0.25, -0.2) is 4.79 Å². The molecule has 1 saturated heterocycles. The van der Waals surface area contributed by atoms with Crippen molar-refractivity contribution in [3.05, 3.63) is 51.1 Å². The van der Waals surface area contributed by atoms with Crippen LogP contribution in [0.25, 0.3) is 11.1 Å². The standard InChI is InChI=1S/C18H17N3O4S/c22-16(19-12-3-4-14-13(10-12)20-18(24)25-14)11-5-7-21(8-6-11)17(23)15-2-1-9-26-15/h1-4,9-11H,5-8H2,(H,19,22)(H,20,24). The molecule has 0 bridgehead atoms. The summed E-state index contributed by atoms with van der Waals surface area (Å²) in [6.07, 6.45) is 1.27. The molecule has 4 rings (SSSR count). The number of anilines is 1. The van der Waals surface area contributed by atoms with Gasteiger partial charge in [-0.3, -0.25) is 14.6 Å². The second-order valence-corrected chi connectivity index (χ2v) is 7.21. The molecule has 1 aromatic carbocycles. The molecular formula is C18H17N3O4S. The number of carbonyl (C=O) groups excluding carboxylic acids is 2. The van der Waals surface area contributed by atoms with Crippen LogP contribution < -0.4 is 11.1 Å². The minimum atomic E-state index is -0.522. The largest absolute Gasteiger partial charge is 0.417 e. The average Bonchev–Trinajstić information content (AvgIpc) is 3.29. The molecule has 2 N–H and O–H groups in total. The number of H-pyrrole nitrogens is 1. The van der Waals surface area contributed by atoms with Crippen molar-refractivity contribution in [2.75, 3.05) is 18.4 Å². The third kappa shape index (κ3) is 3.28. The van der Waals surface area contributed by atoms with Gasteiger partial charge in [-0.1, -0.05) is 6.07 Å². The summed E-state index contributed by atoms with van der Waals surface area (Å²) in [5, 5.41) is 4.77. The topological polar surface area (TPSA) is 95.4 Å². The van der Waals surface area contributed by atoms with Crippen LogP contribution in [0.2, 0.25) is 0 Å². The van der Waals surface area contributed by atoms with Crippen molar-refractivity contribution in [2.45, 2.75) is 12.8 Å². The molecule has 0 unspecified atom stereocenters. The van der Waals surface area contributed by atoms with Crippen LogP contribution in [0.5, 0.6) is 0 Å². The normalized spacial score (nSPS) is 15.3. The number of thiophene rings is 1. The second-order valence-electron chi connectivity index (χ2n) is 6.26. The molecule has 2 aromatic heterocycles. The van der Waals surface area contributed by atoms with Crippen LogP contribution in [-0.2, 0) is 4.79 Å². The number of hydrogen-bond acceptors (Lipinski definition) is 5. The summed E-state index contributed by atoms with van der Waals surface area (Å²) >= 11 is 1.43. The predicted octanol–water partition coefficient (Wildman–Crippen LogP) is 2.67. The fraction of sp³-hybridized carbons (Fsp3) is 0.278. The van der Waals surface area contributed by atoms with E-state index in [1.54, 1.807) is 23.1 Å². The van der Waals surface area contributed by atoms with Gasteiger partial charge in [0.2, 0.25) is 5.91 Å². The van der Waals surface area contributed by atoms with Crippen molar-refractivity contribution in [3.63, 3.8) is 0 Å². The molecular weight excluding hydrogens is 354 g/mol. The molecule has 1 fully saturated rings. The van der Waals surface area contributed by atoms with Crippen molar-refractivity contribution in [1.82, 2.24) is 9.88 Å². The third-order valence-electron chi connectivity index (χ3n) is 4.57. The Kier molecular flexibility index (Phi) is 4.34. The molecule has 0 atom stereocenters. The predicted molar refractivity (Wildman–Crippen MR) is 98.4 cm³/mol. The lowest BCUT2D eigenvalue weighted by molar-refractivity contribution is -0.121. The molecule has 2 amide bonds. The first kappa shape index (κ1) is 16.6. The fourth-order valence-electron chi connectivity index (χ4n) is 3.17. The number of benzene rings is 1. The molecule has 1 aliphatic heterocycles. The Morgan fingerprint density at radius 1 is 1.23 bits per heavy atom. The SMILES string of the molecule is O=C(Nc1ccc2oc(=O)[nH]c2c1)C1CCN(C(=O)c2cccs2)CC1. The Hall–Kier alpha value is -2.87. The summed E-state index contributed by atoms with van der Waals surface area (Å²) in [6.45, 7) is 1.14. The molecule has 0 radical (unpaired) electrons. The van der Waals surface area contributed by atoms with Gasteiger partial charge in [0.05, 0.1) is 10.4 Å². The summed E-state index contributed by atoms with van der Waals surface area (Å²) in [6, 6.07) is 8.70. The van der Waals surface area contributed by atoms with E-state index < -0.39 is 5.76 Å². The Morgan fingerprint density at radius 2 is 2.04 bits per heavy atom. The van der Waals surface area contributed by atoms with E-state index >= 15 is 0 Å². The minimum Gasteiger partial charge on any atom is -0.408 e. The van der Waals surface area contributed by atoms with Gasteiger partial charge in [-0.15, -0.1) is 11.3 Å². The zero-order valence-electron chi connectivity index (χ0n) is 13.9. The Balaban J connectivity index is 1.37. The molecule has 3 heterocycles. The van der Waals surface area contributed by atoms with Gasteiger partial charge in [0.15, 0.2) is 5.58 Å². The lowest BCUT2D eigenvalue weighted by Crippen LogP contribution is -2.41. The Morgan fingerprint density at radius 3 is 2.77 bits per heavy atom. The summed E-state index contributed by atoms with van der Waals surface area (Å²) in [5.41, 5.74) is 1.61. The minimum absolute atomic E-state index is 0.0354. The number of rotatable bonds is 3. The molecule has 134 valence electrons. The quantitative estimate of drug-likeness (QED) is 0.740.